The second kappa shape index (κ2) is 5.86. The number of anilines is 1. The summed E-state index contributed by atoms with van der Waals surface area (Å²) in [6.45, 7) is 8.27. The van der Waals surface area contributed by atoms with E-state index in [0.29, 0.717) is 23.2 Å². The Morgan fingerprint density at radius 3 is 2.89 bits per heavy atom. The predicted molar refractivity (Wildman–Crippen MR) is 79.5 cm³/mol. The maximum Gasteiger partial charge on any atom is 0.274 e. The molecule has 1 amide bonds. The molecule has 1 unspecified atom stereocenters. The van der Waals surface area contributed by atoms with Gasteiger partial charge in [-0.2, -0.15) is 16.9 Å². The number of amides is 1. The van der Waals surface area contributed by atoms with Crippen molar-refractivity contribution in [2.75, 3.05) is 24.6 Å². The quantitative estimate of drug-likeness (QED) is 0.917. The van der Waals surface area contributed by atoms with E-state index in [1.54, 1.807) is 4.68 Å². The highest BCUT2D eigenvalue weighted by Gasteiger charge is 2.28. The van der Waals surface area contributed by atoms with Gasteiger partial charge in [-0.3, -0.25) is 9.48 Å². The Hall–Kier alpha value is -1.17. The Morgan fingerprint density at radius 1 is 1.53 bits per heavy atom. The molecule has 1 aromatic heterocycles. The van der Waals surface area contributed by atoms with Crippen LogP contribution in [-0.4, -0.2) is 44.7 Å². The first kappa shape index (κ1) is 14.2. The number of rotatable bonds is 3. The molecule has 106 valence electrons. The maximum absolute atomic E-state index is 12.7. The lowest BCUT2D eigenvalue weighted by atomic mass is 10.2. The molecule has 5 nitrogen and oxygen atoms in total. The zero-order chi connectivity index (χ0) is 14.0. The van der Waals surface area contributed by atoms with E-state index in [1.165, 1.54) is 0 Å². The average molecular weight is 282 g/mol. The number of nitrogen functional groups attached to an aromatic ring is 1. The number of hydrogen-bond donors (Lipinski definition) is 1. The highest BCUT2D eigenvalue weighted by atomic mass is 32.2. The Bertz CT molecular complexity index is 471. The van der Waals surface area contributed by atoms with Crippen LogP contribution < -0.4 is 5.73 Å². The van der Waals surface area contributed by atoms with Crippen molar-refractivity contribution < 1.29 is 4.79 Å². The van der Waals surface area contributed by atoms with Crippen molar-refractivity contribution in [3.8, 4) is 0 Å². The van der Waals surface area contributed by atoms with Gasteiger partial charge in [0.05, 0.1) is 11.4 Å². The Balaban J connectivity index is 2.24. The number of nitrogens with zero attached hydrogens (tertiary/aromatic N) is 3. The first-order valence-electron chi connectivity index (χ1n) is 6.82. The summed E-state index contributed by atoms with van der Waals surface area (Å²) in [6.07, 6.45) is 1.09. The van der Waals surface area contributed by atoms with Crippen molar-refractivity contribution in [1.82, 2.24) is 14.7 Å². The molecule has 1 saturated heterocycles. The normalized spacial score (nSPS) is 19.7. The predicted octanol–water partition coefficient (Wildman–Crippen LogP) is 1.76. The Kier molecular flexibility index (Phi) is 4.39. The minimum Gasteiger partial charge on any atom is -0.395 e. The summed E-state index contributed by atoms with van der Waals surface area (Å²) in [6, 6.07) is 0. The van der Waals surface area contributed by atoms with E-state index >= 15 is 0 Å². The molecule has 2 rings (SSSR count). The molecular weight excluding hydrogens is 260 g/mol. The Morgan fingerprint density at radius 2 is 2.26 bits per heavy atom. The van der Waals surface area contributed by atoms with E-state index in [0.717, 1.165) is 31.0 Å². The molecule has 19 heavy (non-hydrogen) atoms. The van der Waals surface area contributed by atoms with Gasteiger partial charge in [-0.25, -0.2) is 0 Å². The van der Waals surface area contributed by atoms with Gasteiger partial charge in [0, 0.05) is 30.6 Å². The number of carbonyl (C=O) groups is 1. The molecule has 6 heteroatoms. The summed E-state index contributed by atoms with van der Waals surface area (Å²) in [5.41, 5.74) is 7.84. The summed E-state index contributed by atoms with van der Waals surface area (Å²) in [4.78, 5) is 14.6. The van der Waals surface area contributed by atoms with E-state index in [1.807, 2.05) is 30.5 Å². The number of nitrogens with two attached hydrogens (primary N) is 1. The zero-order valence-corrected chi connectivity index (χ0v) is 12.7. The molecule has 1 aliphatic rings. The number of hydrogen-bond acceptors (Lipinski definition) is 4. The number of carbonyl (C=O) groups excluding carboxylic acids is 1. The van der Waals surface area contributed by atoms with Crippen molar-refractivity contribution in [2.45, 2.75) is 39.0 Å². The summed E-state index contributed by atoms with van der Waals surface area (Å²) in [7, 11) is 0. The van der Waals surface area contributed by atoms with Crippen LogP contribution in [-0.2, 0) is 6.54 Å². The molecule has 0 bridgehead atoms. The van der Waals surface area contributed by atoms with Crippen molar-refractivity contribution in [2.24, 2.45) is 0 Å². The molecular formula is C13H22N4OS. The van der Waals surface area contributed by atoms with Gasteiger partial charge in [0.1, 0.15) is 5.69 Å². The third kappa shape index (κ3) is 2.73. The molecule has 1 aliphatic heterocycles. The second-order valence-electron chi connectivity index (χ2n) is 4.82. The van der Waals surface area contributed by atoms with E-state index in [9.17, 15) is 4.79 Å². The minimum atomic E-state index is 0.0266. The van der Waals surface area contributed by atoms with Gasteiger partial charge in [-0.15, -0.1) is 0 Å². The largest absolute Gasteiger partial charge is 0.395 e. The van der Waals surface area contributed by atoms with Gasteiger partial charge in [0.2, 0.25) is 0 Å². The molecule has 0 aliphatic carbocycles. The van der Waals surface area contributed by atoms with Gasteiger partial charge in [0.25, 0.3) is 5.91 Å². The molecule has 2 N–H and O–H groups in total. The van der Waals surface area contributed by atoms with Crippen molar-refractivity contribution in [1.29, 1.82) is 0 Å². The summed E-state index contributed by atoms with van der Waals surface area (Å²) < 4.78 is 1.72. The highest BCUT2D eigenvalue weighted by molar-refractivity contribution is 8.00. The van der Waals surface area contributed by atoms with Gasteiger partial charge in [0.15, 0.2) is 0 Å². The number of aromatic nitrogens is 2. The van der Waals surface area contributed by atoms with Crippen molar-refractivity contribution in [3.05, 3.63) is 11.4 Å². The number of thioether (sulfide) groups is 1. The highest BCUT2D eigenvalue weighted by Crippen LogP contribution is 2.24. The van der Waals surface area contributed by atoms with Gasteiger partial charge >= 0.3 is 0 Å². The van der Waals surface area contributed by atoms with E-state index < -0.39 is 0 Å². The molecule has 0 aromatic carbocycles. The molecule has 1 fully saturated rings. The number of aryl methyl sites for hydroxylation is 2. The summed E-state index contributed by atoms with van der Waals surface area (Å²) in [5.74, 6) is 1.03. The van der Waals surface area contributed by atoms with Crippen molar-refractivity contribution in [3.63, 3.8) is 0 Å². The third-order valence-electron chi connectivity index (χ3n) is 3.56. The smallest absolute Gasteiger partial charge is 0.274 e. The van der Waals surface area contributed by atoms with Gasteiger partial charge < -0.3 is 10.6 Å². The molecule has 1 atom stereocenters. The van der Waals surface area contributed by atoms with Crippen LogP contribution in [0.25, 0.3) is 0 Å². The molecule has 0 saturated carbocycles. The fourth-order valence-corrected chi connectivity index (χ4v) is 3.53. The monoisotopic (exact) mass is 282 g/mol. The average Bonchev–Trinajstić information content (AvgIpc) is 2.73. The van der Waals surface area contributed by atoms with E-state index in [2.05, 4.69) is 12.0 Å². The first-order valence-corrected chi connectivity index (χ1v) is 7.87. The fourth-order valence-electron chi connectivity index (χ4n) is 2.35. The first-order chi connectivity index (χ1) is 9.08. The van der Waals surface area contributed by atoms with Crippen LogP contribution in [0, 0.1) is 6.92 Å². The van der Waals surface area contributed by atoms with Crippen LogP contribution >= 0.6 is 11.8 Å². The zero-order valence-electron chi connectivity index (χ0n) is 11.8. The van der Waals surface area contributed by atoms with Crippen LogP contribution in [0.15, 0.2) is 0 Å². The lowest BCUT2D eigenvalue weighted by Gasteiger charge is -2.32. The van der Waals surface area contributed by atoms with Crippen LogP contribution in [0.5, 0.6) is 0 Å². The standard InChI is InChI=1S/C13H22N4OS/c1-4-10-8-16(6-7-19-10)13(18)12-11(14)9(3)15-17(12)5-2/h10H,4-8,14H2,1-3H3. The fraction of sp³-hybridized carbons (Fsp3) is 0.692. The summed E-state index contributed by atoms with van der Waals surface area (Å²) in [5, 5.41) is 4.86. The molecule has 2 heterocycles. The van der Waals surface area contributed by atoms with Gasteiger partial charge in [-0.05, 0) is 20.3 Å². The summed E-state index contributed by atoms with van der Waals surface area (Å²) >= 11 is 1.95. The van der Waals surface area contributed by atoms with Crippen molar-refractivity contribution >= 4 is 23.4 Å². The van der Waals surface area contributed by atoms with Crippen LogP contribution in [0.1, 0.15) is 36.5 Å². The van der Waals surface area contributed by atoms with Crippen LogP contribution in [0.2, 0.25) is 0 Å². The van der Waals surface area contributed by atoms with Crippen LogP contribution in [0.3, 0.4) is 0 Å². The topological polar surface area (TPSA) is 64.2 Å². The lowest BCUT2D eigenvalue weighted by Crippen LogP contribution is -2.42. The lowest BCUT2D eigenvalue weighted by molar-refractivity contribution is 0.0749. The van der Waals surface area contributed by atoms with E-state index in [4.69, 9.17) is 5.73 Å². The molecule has 0 spiro atoms. The van der Waals surface area contributed by atoms with Gasteiger partial charge in [-0.1, -0.05) is 6.92 Å². The SMILES string of the molecule is CCC1CN(C(=O)c2c(N)c(C)nn2CC)CCS1. The van der Waals surface area contributed by atoms with E-state index in [-0.39, 0.29) is 5.91 Å². The third-order valence-corrected chi connectivity index (χ3v) is 4.93. The molecule has 1 aromatic rings. The minimum absolute atomic E-state index is 0.0266. The Labute approximate surface area is 118 Å². The maximum atomic E-state index is 12.7. The second-order valence-corrected chi connectivity index (χ2v) is 6.22. The molecule has 0 radical (unpaired) electrons. The van der Waals surface area contributed by atoms with Crippen LogP contribution in [0.4, 0.5) is 5.69 Å².